The standard InChI is InChI=1S/C7H5O2.Ni/c8-5-6-3-1-2-4-7(6)9;/h2-5,8H;/q-1;. The summed E-state index contributed by atoms with van der Waals surface area (Å²) in [6.45, 7) is 0. The summed E-state index contributed by atoms with van der Waals surface area (Å²) in [6, 6.07) is 0. The fraction of sp³-hybridized carbons (Fsp3) is 0. The van der Waals surface area contributed by atoms with Gasteiger partial charge in [0.1, 0.15) is 0 Å². The van der Waals surface area contributed by atoms with Gasteiger partial charge in [-0.2, -0.15) is 18.2 Å². The average molecular weight is 180 g/mol. The van der Waals surface area contributed by atoms with E-state index >= 15 is 0 Å². The van der Waals surface area contributed by atoms with Crippen molar-refractivity contribution in [2.24, 2.45) is 0 Å². The van der Waals surface area contributed by atoms with E-state index in [0.29, 0.717) is 0 Å². The predicted molar refractivity (Wildman–Crippen MR) is 32.7 cm³/mol. The third-order valence-electron chi connectivity index (χ3n) is 0.993. The molecule has 0 aromatic heterocycles. The van der Waals surface area contributed by atoms with Gasteiger partial charge in [0.15, 0.2) is 0 Å². The van der Waals surface area contributed by atoms with Crippen LogP contribution in [0.4, 0.5) is 0 Å². The van der Waals surface area contributed by atoms with Gasteiger partial charge in [-0.15, -0.1) is 6.08 Å². The van der Waals surface area contributed by atoms with Gasteiger partial charge >= 0.3 is 0 Å². The van der Waals surface area contributed by atoms with E-state index in [2.05, 4.69) is 6.08 Å². The molecule has 0 bridgehead atoms. The van der Waals surface area contributed by atoms with Crippen molar-refractivity contribution in [2.75, 3.05) is 0 Å². The molecule has 0 aliphatic heterocycles. The van der Waals surface area contributed by atoms with Crippen molar-refractivity contribution < 1.29 is 26.4 Å². The zero-order chi connectivity index (χ0) is 6.69. The molecule has 0 saturated carbocycles. The summed E-state index contributed by atoms with van der Waals surface area (Å²) in [5.41, 5.74) is 0.275. The number of rotatable bonds is 0. The van der Waals surface area contributed by atoms with Crippen LogP contribution in [0.15, 0.2) is 30.1 Å². The maximum Gasteiger partial charge on any atom is 0.0814 e. The summed E-state index contributed by atoms with van der Waals surface area (Å²) in [7, 11) is 0. The smallest absolute Gasteiger partial charge is 0.0814 e. The fourth-order valence-corrected chi connectivity index (χ4v) is 0.530. The molecular weight excluding hydrogens is 175 g/mol. The van der Waals surface area contributed by atoms with Crippen LogP contribution in [0.1, 0.15) is 0 Å². The Morgan fingerprint density at radius 3 is 2.70 bits per heavy atom. The van der Waals surface area contributed by atoms with Gasteiger partial charge in [-0.05, 0) is 0 Å². The van der Waals surface area contributed by atoms with Crippen LogP contribution in [0.5, 0.6) is 0 Å². The van der Waals surface area contributed by atoms with Crippen molar-refractivity contribution in [3.63, 3.8) is 0 Å². The third kappa shape index (κ3) is 1.85. The summed E-state index contributed by atoms with van der Waals surface area (Å²) in [6.07, 6.45) is 7.73. The normalized spacial score (nSPS) is 19.2. The first kappa shape index (κ1) is 9.18. The van der Waals surface area contributed by atoms with Crippen molar-refractivity contribution in [3.8, 4) is 0 Å². The molecule has 0 heterocycles. The maximum absolute atomic E-state index is 10.6. The third-order valence-corrected chi connectivity index (χ3v) is 0.993. The molecule has 0 unspecified atom stereocenters. The minimum Gasteiger partial charge on any atom is -0.528 e. The van der Waals surface area contributed by atoms with Crippen molar-refractivity contribution in [2.45, 2.75) is 0 Å². The number of hydrogen-bond acceptors (Lipinski definition) is 2. The van der Waals surface area contributed by atoms with E-state index in [4.69, 9.17) is 5.11 Å². The number of carbonyl (C=O) groups excluding carboxylic acids is 1. The minimum absolute atomic E-state index is 0. The number of ketones is 1. The summed E-state index contributed by atoms with van der Waals surface area (Å²) in [5.74, 6) is -0.184. The first-order chi connectivity index (χ1) is 4.34. The molecule has 1 N–H and O–H groups in total. The Kier molecular flexibility index (Phi) is 3.74. The van der Waals surface area contributed by atoms with E-state index in [1.54, 1.807) is 0 Å². The minimum atomic E-state index is -0.184. The van der Waals surface area contributed by atoms with Crippen molar-refractivity contribution in [1.29, 1.82) is 0 Å². The zero-order valence-electron chi connectivity index (χ0n) is 4.98. The van der Waals surface area contributed by atoms with E-state index < -0.39 is 0 Å². The molecule has 0 amide bonds. The molecule has 0 aromatic carbocycles. The van der Waals surface area contributed by atoms with Crippen LogP contribution in [0.25, 0.3) is 0 Å². The Morgan fingerprint density at radius 1 is 1.60 bits per heavy atom. The molecule has 3 heteroatoms. The van der Waals surface area contributed by atoms with Crippen LogP contribution in [0, 0.1) is 6.08 Å². The van der Waals surface area contributed by atoms with E-state index in [9.17, 15) is 4.79 Å². The van der Waals surface area contributed by atoms with Gasteiger partial charge in [0.2, 0.25) is 0 Å². The van der Waals surface area contributed by atoms with Gasteiger partial charge in [0.25, 0.3) is 0 Å². The van der Waals surface area contributed by atoms with E-state index in [0.717, 1.165) is 6.26 Å². The molecule has 0 fully saturated rings. The second-order valence-corrected chi connectivity index (χ2v) is 1.59. The van der Waals surface area contributed by atoms with Crippen LogP contribution in [0.2, 0.25) is 0 Å². The number of aliphatic hydroxyl groups is 1. The first-order valence-electron chi connectivity index (χ1n) is 2.49. The van der Waals surface area contributed by atoms with Gasteiger partial charge < -0.3 is 9.90 Å². The van der Waals surface area contributed by atoms with Gasteiger partial charge in [0, 0.05) is 22.8 Å². The van der Waals surface area contributed by atoms with E-state index in [1.807, 2.05) is 0 Å². The molecule has 10 heavy (non-hydrogen) atoms. The number of carbonyl (C=O) groups is 1. The fourth-order valence-electron chi connectivity index (χ4n) is 0.530. The van der Waals surface area contributed by atoms with Crippen molar-refractivity contribution in [1.82, 2.24) is 0 Å². The van der Waals surface area contributed by atoms with Crippen LogP contribution in [-0.4, -0.2) is 10.9 Å². The SMILES string of the molecule is O=C1C=C[C-]=CC1=CO.[Ni]. The van der Waals surface area contributed by atoms with E-state index in [-0.39, 0.29) is 27.8 Å². The van der Waals surface area contributed by atoms with Crippen LogP contribution >= 0.6 is 0 Å². The molecule has 1 aliphatic carbocycles. The van der Waals surface area contributed by atoms with Gasteiger partial charge in [-0.25, -0.2) is 0 Å². The zero-order valence-corrected chi connectivity index (χ0v) is 5.97. The van der Waals surface area contributed by atoms with Crippen LogP contribution < -0.4 is 0 Å². The maximum atomic E-state index is 10.6. The molecule has 0 radical (unpaired) electrons. The topological polar surface area (TPSA) is 37.3 Å². The van der Waals surface area contributed by atoms with Gasteiger partial charge in [-0.1, -0.05) is 5.57 Å². The van der Waals surface area contributed by atoms with Gasteiger partial charge in [0.05, 0.1) is 5.78 Å². The second-order valence-electron chi connectivity index (χ2n) is 1.59. The largest absolute Gasteiger partial charge is 0.528 e. The molecule has 0 spiro atoms. The number of aliphatic hydroxyl groups excluding tert-OH is 1. The van der Waals surface area contributed by atoms with Crippen LogP contribution in [0.3, 0.4) is 0 Å². The molecule has 1 rings (SSSR count). The molecular formula is C7H5NiO2-. The number of allylic oxidation sites excluding steroid dienone is 5. The summed E-state index contributed by atoms with van der Waals surface area (Å²) >= 11 is 0. The molecule has 0 aromatic rings. The van der Waals surface area contributed by atoms with E-state index in [1.165, 1.54) is 18.2 Å². The molecule has 0 atom stereocenters. The Labute approximate surface area is 68.9 Å². The van der Waals surface area contributed by atoms with Crippen molar-refractivity contribution >= 4 is 5.78 Å². The Morgan fingerprint density at radius 2 is 2.30 bits per heavy atom. The summed E-state index contributed by atoms with van der Waals surface area (Å²) < 4.78 is 0. The summed E-state index contributed by atoms with van der Waals surface area (Å²) in [4.78, 5) is 10.6. The van der Waals surface area contributed by atoms with Gasteiger partial charge in [-0.3, -0.25) is 0 Å². The Balaban J connectivity index is 0.000000810. The predicted octanol–water partition coefficient (Wildman–Crippen LogP) is 0.924. The molecule has 56 valence electrons. The monoisotopic (exact) mass is 179 g/mol. The quantitative estimate of drug-likeness (QED) is 0.260. The molecule has 0 saturated heterocycles. The van der Waals surface area contributed by atoms with Crippen LogP contribution in [-0.2, 0) is 21.3 Å². The molecule has 1 aliphatic rings. The average Bonchev–Trinajstić information content (AvgIpc) is 1.89. The second kappa shape index (κ2) is 4.07. The Bertz CT molecular complexity index is 214. The number of hydrogen-bond donors (Lipinski definition) is 1. The molecule has 2 nitrogen and oxygen atoms in total. The van der Waals surface area contributed by atoms with Crippen molar-refractivity contribution in [3.05, 3.63) is 36.1 Å². The summed E-state index contributed by atoms with van der Waals surface area (Å²) in [5, 5.41) is 8.37. The first-order valence-corrected chi connectivity index (χ1v) is 2.49. The Hall–Kier alpha value is -0.816.